The first-order valence-corrected chi connectivity index (χ1v) is 9.32. The maximum absolute atomic E-state index is 12.8. The Hall–Kier alpha value is -1.75. The molecule has 1 heterocycles. The molecule has 0 aromatic heterocycles. The second kappa shape index (κ2) is 8.09. The van der Waals surface area contributed by atoms with Crippen molar-refractivity contribution in [2.75, 3.05) is 13.2 Å². The predicted octanol–water partition coefficient (Wildman–Crippen LogP) is 3.44. The Labute approximate surface area is 153 Å². The third-order valence-corrected chi connectivity index (χ3v) is 5.32. The van der Waals surface area contributed by atoms with E-state index in [1.165, 1.54) is 0 Å². The monoisotopic (exact) mass is 365 g/mol. The SMILES string of the molecule is CCOC(=O)C1CC2CCCC(C2)N1C(=O)COc1ccc(Cl)cc1. The van der Waals surface area contributed by atoms with Gasteiger partial charge in [0.25, 0.3) is 5.91 Å². The Morgan fingerprint density at radius 1 is 1.20 bits per heavy atom. The average molecular weight is 366 g/mol. The highest BCUT2D eigenvalue weighted by Crippen LogP contribution is 2.38. The highest BCUT2D eigenvalue weighted by atomic mass is 35.5. The normalized spacial score (nSPS) is 25.4. The first-order chi connectivity index (χ1) is 12.1. The summed E-state index contributed by atoms with van der Waals surface area (Å²) in [7, 11) is 0. The van der Waals surface area contributed by atoms with Crippen LogP contribution in [0.25, 0.3) is 0 Å². The number of carbonyl (C=O) groups excluding carboxylic acids is 2. The van der Waals surface area contributed by atoms with E-state index in [0.29, 0.717) is 29.7 Å². The standard InChI is InChI=1S/C19H24ClNO4/c1-2-24-19(23)17-11-13-4-3-5-15(10-13)21(17)18(22)12-25-16-8-6-14(20)7-9-16/h6-9,13,15,17H,2-5,10-12H2,1H3. The number of hydrogen-bond acceptors (Lipinski definition) is 4. The number of ether oxygens (including phenoxy) is 2. The van der Waals surface area contributed by atoms with Gasteiger partial charge in [-0.2, -0.15) is 0 Å². The van der Waals surface area contributed by atoms with Gasteiger partial charge >= 0.3 is 5.97 Å². The molecule has 3 rings (SSSR count). The van der Waals surface area contributed by atoms with E-state index >= 15 is 0 Å². The highest BCUT2D eigenvalue weighted by molar-refractivity contribution is 6.30. The molecule has 0 N–H and O–H groups in total. The summed E-state index contributed by atoms with van der Waals surface area (Å²) in [5.41, 5.74) is 0. The van der Waals surface area contributed by atoms with Gasteiger partial charge in [0, 0.05) is 11.1 Å². The number of piperidine rings is 1. The molecule has 1 amide bonds. The van der Waals surface area contributed by atoms with Gasteiger partial charge < -0.3 is 14.4 Å². The van der Waals surface area contributed by atoms with Gasteiger partial charge in [0.1, 0.15) is 11.8 Å². The highest BCUT2D eigenvalue weighted by Gasteiger charge is 2.44. The second-order valence-electron chi connectivity index (χ2n) is 6.73. The van der Waals surface area contributed by atoms with E-state index in [4.69, 9.17) is 21.1 Å². The van der Waals surface area contributed by atoms with Crippen LogP contribution in [0, 0.1) is 5.92 Å². The van der Waals surface area contributed by atoms with E-state index in [9.17, 15) is 9.59 Å². The zero-order valence-corrected chi connectivity index (χ0v) is 15.2. The van der Waals surface area contributed by atoms with Gasteiger partial charge in [-0.25, -0.2) is 4.79 Å². The third kappa shape index (κ3) is 4.27. The Morgan fingerprint density at radius 2 is 1.96 bits per heavy atom. The molecule has 1 aromatic rings. The Morgan fingerprint density at radius 3 is 2.68 bits per heavy atom. The molecule has 1 aromatic carbocycles. The van der Waals surface area contributed by atoms with Crippen molar-refractivity contribution in [3.8, 4) is 5.75 Å². The van der Waals surface area contributed by atoms with Crippen molar-refractivity contribution in [2.45, 2.75) is 51.1 Å². The van der Waals surface area contributed by atoms with Crippen LogP contribution in [0.1, 0.15) is 39.0 Å². The number of benzene rings is 1. The minimum absolute atomic E-state index is 0.0846. The molecule has 3 atom stereocenters. The molecule has 136 valence electrons. The minimum Gasteiger partial charge on any atom is -0.484 e. The van der Waals surface area contributed by atoms with Gasteiger partial charge in [-0.1, -0.05) is 24.4 Å². The lowest BCUT2D eigenvalue weighted by Crippen LogP contribution is -2.58. The molecule has 25 heavy (non-hydrogen) atoms. The summed E-state index contributed by atoms with van der Waals surface area (Å²) in [6.45, 7) is 2.03. The first-order valence-electron chi connectivity index (χ1n) is 8.94. The molecule has 0 spiro atoms. The van der Waals surface area contributed by atoms with Crippen LogP contribution < -0.4 is 4.74 Å². The molecule has 0 radical (unpaired) electrons. The fraction of sp³-hybridized carbons (Fsp3) is 0.579. The lowest BCUT2D eigenvalue weighted by atomic mass is 9.76. The van der Waals surface area contributed by atoms with Gasteiger partial charge in [-0.05, 0) is 56.4 Å². The quantitative estimate of drug-likeness (QED) is 0.750. The fourth-order valence-electron chi connectivity index (χ4n) is 3.99. The molecule has 6 heteroatoms. The smallest absolute Gasteiger partial charge is 0.328 e. The number of rotatable bonds is 5. The molecule has 1 saturated heterocycles. The van der Waals surface area contributed by atoms with Gasteiger partial charge in [0.2, 0.25) is 0 Å². The molecule has 1 saturated carbocycles. The van der Waals surface area contributed by atoms with Crippen LogP contribution in [0.2, 0.25) is 5.02 Å². The van der Waals surface area contributed by atoms with Crippen molar-refractivity contribution in [1.82, 2.24) is 4.90 Å². The Kier molecular flexibility index (Phi) is 5.84. The van der Waals surface area contributed by atoms with Gasteiger partial charge in [0.15, 0.2) is 6.61 Å². The second-order valence-corrected chi connectivity index (χ2v) is 7.17. The van der Waals surface area contributed by atoms with Crippen molar-refractivity contribution >= 4 is 23.5 Å². The van der Waals surface area contributed by atoms with E-state index in [1.54, 1.807) is 36.1 Å². The van der Waals surface area contributed by atoms with E-state index in [0.717, 1.165) is 25.7 Å². The summed E-state index contributed by atoms with van der Waals surface area (Å²) in [6.07, 6.45) is 4.85. The molecular formula is C19H24ClNO4. The van der Waals surface area contributed by atoms with E-state index in [-0.39, 0.29) is 24.5 Å². The molecule has 2 fully saturated rings. The van der Waals surface area contributed by atoms with Gasteiger partial charge in [-0.3, -0.25) is 4.79 Å². The topological polar surface area (TPSA) is 55.8 Å². The van der Waals surface area contributed by atoms with Crippen molar-refractivity contribution in [2.24, 2.45) is 5.92 Å². The van der Waals surface area contributed by atoms with E-state index in [1.807, 2.05) is 0 Å². The molecule has 2 bridgehead atoms. The van der Waals surface area contributed by atoms with Crippen LogP contribution in [-0.2, 0) is 14.3 Å². The number of esters is 1. The lowest BCUT2D eigenvalue weighted by Gasteiger charge is -2.46. The third-order valence-electron chi connectivity index (χ3n) is 5.06. The van der Waals surface area contributed by atoms with E-state index in [2.05, 4.69) is 0 Å². The molecule has 2 aliphatic rings. The predicted molar refractivity (Wildman–Crippen MR) is 94.6 cm³/mol. The lowest BCUT2D eigenvalue weighted by molar-refractivity contribution is -0.163. The van der Waals surface area contributed by atoms with Crippen LogP contribution in [0.5, 0.6) is 5.75 Å². The Bertz CT molecular complexity index is 618. The average Bonchev–Trinajstić information content (AvgIpc) is 2.61. The number of nitrogens with zero attached hydrogens (tertiary/aromatic N) is 1. The number of likely N-dealkylation sites (tertiary alicyclic amines) is 1. The van der Waals surface area contributed by atoms with Crippen molar-refractivity contribution in [1.29, 1.82) is 0 Å². The molecular weight excluding hydrogens is 342 g/mol. The summed E-state index contributed by atoms with van der Waals surface area (Å²) in [5.74, 6) is 0.649. The minimum atomic E-state index is -0.481. The van der Waals surface area contributed by atoms with Crippen LogP contribution in [0.15, 0.2) is 24.3 Å². The summed E-state index contributed by atoms with van der Waals surface area (Å²) in [4.78, 5) is 26.9. The van der Waals surface area contributed by atoms with Crippen LogP contribution in [0.4, 0.5) is 0 Å². The van der Waals surface area contributed by atoms with Crippen molar-refractivity contribution in [3.05, 3.63) is 29.3 Å². The molecule has 1 aliphatic heterocycles. The van der Waals surface area contributed by atoms with Gasteiger partial charge in [0.05, 0.1) is 6.61 Å². The van der Waals surface area contributed by atoms with Crippen molar-refractivity contribution in [3.63, 3.8) is 0 Å². The number of halogens is 1. The van der Waals surface area contributed by atoms with Crippen LogP contribution in [0.3, 0.4) is 0 Å². The summed E-state index contributed by atoms with van der Waals surface area (Å²) in [6, 6.07) is 6.52. The van der Waals surface area contributed by atoms with Crippen molar-refractivity contribution < 1.29 is 19.1 Å². The fourth-order valence-corrected chi connectivity index (χ4v) is 4.12. The molecule has 3 unspecified atom stereocenters. The molecule has 1 aliphatic carbocycles. The maximum atomic E-state index is 12.8. The number of hydrogen-bond donors (Lipinski definition) is 0. The number of amides is 1. The molecule has 5 nitrogen and oxygen atoms in total. The first kappa shape index (κ1) is 18.1. The zero-order chi connectivity index (χ0) is 17.8. The maximum Gasteiger partial charge on any atom is 0.328 e. The zero-order valence-electron chi connectivity index (χ0n) is 14.4. The summed E-state index contributed by atoms with van der Waals surface area (Å²) >= 11 is 5.86. The Balaban J connectivity index is 1.69. The number of carbonyl (C=O) groups is 2. The number of fused-ring (bicyclic) bond motifs is 2. The summed E-state index contributed by atoms with van der Waals surface area (Å²) in [5, 5.41) is 0.616. The van der Waals surface area contributed by atoms with Crippen LogP contribution in [-0.4, -0.2) is 42.1 Å². The van der Waals surface area contributed by atoms with Crippen LogP contribution >= 0.6 is 11.6 Å². The van der Waals surface area contributed by atoms with E-state index < -0.39 is 6.04 Å². The largest absolute Gasteiger partial charge is 0.484 e. The summed E-state index contributed by atoms with van der Waals surface area (Å²) < 4.78 is 10.8. The van der Waals surface area contributed by atoms with Gasteiger partial charge in [-0.15, -0.1) is 0 Å².